The molecule has 2 rings (SSSR count). The standard InChI is InChI=1S/C11H14O3.C11H12O3.H2/c2*1-2-14-11(13)8-10(12)9-6-4-3-5-7-9;/h3-7,10,12H,2,8H2,1H3;3-7H,2,8H2,1H3;1H. The van der Waals surface area contributed by atoms with Crippen molar-refractivity contribution in [2.45, 2.75) is 32.8 Å². The summed E-state index contributed by atoms with van der Waals surface area (Å²) < 4.78 is 9.41. The average Bonchev–Trinajstić information content (AvgIpc) is 2.70. The van der Waals surface area contributed by atoms with Gasteiger partial charge in [-0.1, -0.05) is 60.7 Å². The molecule has 6 heteroatoms. The Morgan fingerprint density at radius 2 is 1.36 bits per heavy atom. The first-order valence-corrected chi connectivity index (χ1v) is 9.10. The minimum atomic E-state index is -0.768. The molecule has 0 amide bonds. The largest absolute Gasteiger partial charge is 0.466 e. The second kappa shape index (κ2) is 13.2. The van der Waals surface area contributed by atoms with E-state index in [0.717, 1.165) is 5.56 Å². The van der Waals surface area contributed by atoms with Crippen molar-refractivity contribution in [3.05, 3.63) is 71.8 Å². The van der Waals surface area contributed by atoms with Crippen LogP contribution in [0.3, 0.4) is 0 Å². The first kappa shape index (κ1) is 23.0. The van der Waals surface area contributed by atoms with Gasteiger partial charge in [-0.05, 0) is 19.4 Å². The zero-order chi connectivity index (χ0) is 20.8. The Morgan fingerprint density at radius 3 is 1.89 bits per heavy atom. The van der Waals surface area contributed by atoms with Crippen molar-refractivity contribution in [2.75, 3.05) is 13.2 Å². The number of benzene rings is 2. The van der Waals surface area contributed by atoms with Crippen LogP contribution in [0.15, 0.2) is 60.7 Å². The Labute approximate surface area is 166 Å². The van der Waals surface area contributed by atoms with Gasteiger partial charge in [-0.25, -0.2) is 0 Å². The van der Waals surface area contributed by atoms with Crippen LogP contribution in [0.4, 0.5) is 0 Å². The number of aliphatic hydroxyl groups is 1. The van der Waals surface area contributed by atoms with E-state index >= 15 is 0 Å². The fraction of sp³-hybridized carbons (Fsp3) is 0.318. The molecule has 28 heavy (non-hydrogen) atoms. The van der Waals surface area contributed by atoms with Gasteiger partial charge in [0.05, 0.1) is 25.7 Å². The molecule has 0 aliphatic rings. The minimum absolute atomic E-state index is 0. The maximum Gasteiger partial charge on any atom is 0.313 e. The van der Waals surface area contributed by atoms with Gasteiger partial charge in [0.2, 0.25) is 0 Å². The molecule has 0 spiro atoms. The number of aliphatic hydroxyl groups excluding tert-OH is 1. The summed E-state index contributed by atoms with van der Waals surface area (Å²) in [5.74, 6) is -1.05. The monoisotopic (exact) mass is 388 g/mol. The molecule has 2 aromatic rings. The Bertz CT molecular complexity index is 733. The molecule has 0 heterocycles. The Kier molecular flexibility index (Phi) is 10.9. The van der Waals surface area contributed by atoms with E-state index in [0.29, 0.717) is 18.8 Å². The fourth-order valence-electron chi connectivity index (χ4n) is 2.24. The second-order valence-electron chi connectivity index (χ2n) is 5.71. The molecular weight excluding hydrogens is 360 g/mol. The van der Waals surface area contributed by atoms with E-state index in [2.05, 4.69) is 4.74 Å². The first-order chi connectivity index (χ1) is 13.5. The van der Waals surface area contributed by atoms with Crippen molar-refractivity contribution < 1.29 is 30.4 Å². The van der Waals surface area contributed by atoms with E-state index in [-0.39, 0.29) is 26.0 Å². The molecule has 0 fully saturated rings. The average molecular weight is 388 g/mol. The smallest absolute Gasteiger partial charge is 0.313 e. The van der Waals surface area contributed by atoms with Gasteiger partial charge < -0.3 is 14.6 Å². The summed E-state index contributed by atoms with van der Waals surface area (Å²) in [7, 11) is 0. The third-order valence-electron chi connectivity index (χ3n) is 3.56. The molecule has 1 N–H and O–H groups in total. The molecule has 152 valence electrons. The number of esters is 2. The Balaban J connectivity index is 0.000000523. The lowest BCUT2D eigenvalue weighted by atomic mass is 10.1. The maximum atomic E-state index is 11.4. The Morgan fingerprint density at radius 1 is 0.857 bits per heavy atom. The summed E-state index contributed by atoms with van der Waals surface area (Å²) in [6.07, 6.45) is -0.939. The highest BCUT2D eigenvalue weighted by Crippen LogP contribution is 2.16. The van der Waals surface area contributed by atoms with Crippen molar-refractivity contribution >= 4 is 17.7 Å². The third kappa shape index (κ3) is 9.09. The predicted molar refractivity (Wildman–Crippen MR) is 107 cm³/mol. The summed E-state index contributed by atoms with van der Waals surface area (Å²) >= 11 is 0. The molecule has 0 saturated heterocycles. The second-order valence-corrected chi connectivity index (χ2v) is 5.71. The zero-order valence-electron chi connectivity index (χ0n) is 16.2. The summed E-state index contributed by atoms with van der Waals surface area (Å²) in [4.78, 5) is 33.5. The van der Waals surface area contributed by atoms with Gasteiger partial charge in [-0.15, -0.1) is 0 Å². The number of rotatable bonds is 8. The molecule has 0 bridgehead atoms. The lowest BCUT2D eigenvalue weighted by Crippen LogP contribution is -2.11. The highest BCUT2D eigenvalue weighted by atomic mass is 16.5. The minimum Gasteiger partial charge on any atom is -0.466 e. The summed E-state index contributed by atoms with van der Waals surface area (Å²) in [6, 6.07) is 17.8. The van der Waals surface area contributed by atoms with Crippen molar-refractivity contribution in [1.82, 2.24) is 0 Å². The molecule has 0 aliphatic heterocycles. The van der Waals surface area contributed by atoms with Crippen LogP contribution in [0.25, 0.3) is 0 Å². The molecule has 1 unspecified atom stereocenters. The Hall–Kier alpha value is -2.99. The highest BCUT2D eigenvalue weighted by molar-refractivity contribution is 6.05. The van der Waals surface area contributed by atoms with E-state index in [1.54, 1.807) is 50.2 Å². The van der Waals surface area contributed by atoms with Gasteiger partial charge in [-0.2, -0.15) is 0 Å². The van der Waals surface area contributed by atoms with E-state index < -0.39 is 12.1 Å². The SMILES string of the molecule is CCOC(=O)CC(=O)c1ccccc1.CCOC(=O)CC(O)c1ccccc1.[HH]. The van der Waals surface area contributed by atoms with E-state index in [1.165, 1.54) is 0 Å². The number of carbonyl (C=O) groups is 3. The van der Waals surface area contributed by atoms with Crippen LogP contribution in [-0.2, 0) is 19.1 Å². The van der Waals surface area contributed by atoms with Crippen molar-refractivity contribution in [2.24, 2.45) is 0 Å². The van der Waals surface area contributed by atoms with Gasteiger partial charge >= 0.3 is 11.9 Å². The predicted octanol–water partition coefficient (Wildman–Crippen LogP) is 3.74. The van der Waals surface area contributed by atoms with E-state index in [1.807, 2.05) is 24.3 Å². The lowest BCUT2D eigenvalue weighted by molar-refractivity contribution is -0.145. The van der Waals surface area contributed by atoms with Crippen LogP contribution in [0, 0.1) is 0 Å². The van der Waals surface area contributed by atoms with Crippen LogP contribution in [-0.4, -0.2) is 36.0 Å². The molecule has 0 aromatic heterocycles. The summed E-state index contributed by atoms with van der Waals surface area (Å²) in [6.45, 7) is 4.11. The quantitative estimate of drug-likeness (QED) is 0.421. The topological polar surface area (TPSA) is 89.9 Å². The fourth-order valence-corrected chi connectivity index (χ4v) is 2.24. The van der Waals surface area contributed by atoms with E-state index in [9.17, 15) is 19.5 Å². The summed E-state index contributed by atoms with van der Waals surface area (Å²) in [5.41, 5.74) is 1.28. The van der Waals surface area contributed by atoms with Crippen LogP contribution < -0.4 is 0 Å². The van der Waals surface area contributed by atoms with Gasteiger partial charge in [0.1, 0.15) is 6.42 Å². The zero-order valence-corrected chi connectivity index (χ0v) is 16.2. The highest BCUT2D eigenvalue weighted by Gasteiger charge is 2.13. The van der Waals surface area contributed by atoms with Crippen LogP contribution in [0.5, 0.6) is 0 Å². The van der Waals surface area contributed by atoms with Gasteiger partial charge in [0, 0.05) is 6.99 Å². The van der Waals surface area contributed by atoms with Crippen LogP contribution in [0.1, 0.15) is 50.1 Å². The lowest BCUT2D eigenvalue weighted by Gasteiger charge is -2.09. The van der Waals surface area contributed by atoms with Crippen molar-refractivity contribution in [3.8, 4) is 0 Å². The van der Waals surface area contributed by atoms with Gasteiger partial charge in [-0.3, -0.25) is 14.4 Å². The van der Waals surface area contributed by atoms with Crippen LogP contribution in [0.2, 0.25) is 0 Å². The number of ketones is 1. The molecule has 0 saturated carbocycles. The molecule has 2 aromatic carbocycles. The third-order valence-corrected chi connectivity index (χ3v) is 3.56. The maximum absolute atomic E-state index is 11.4. The van der Waals surface area contributed by atoms with Crippen LogP contribution >= 0.6 is 0 Å². The molecule has 0 aliphatic carbocycles. The normalized spacial score (nSPS) is 10.8. The molecular formula is C22H28O6. The number of ether oxygens (including phenoxy) is 2. The summed E-state index contributed by atoms with van der Waals surface area (Å²) in [5, 5.41) is 9.62. The molecule has 6 nitrogen and oxygen atoms in total. The number of carbonyl (C=O) groups excluding carboxylic acids is 3. The van der Waals surface area contributed by atoms with Crippen molar-refractivity contribution in [3.63, 3.8) is 0 Å². The van der Waals surface area contributed by atoms with Gasteiger partial charge in [0.15, 0.2) is 5.78 Å². The van der Waals surface area contributed by atoms with E-state index in [4.69, 9.17) is 4.74 Å². The molecule has 1 atom stereocenters. The number of hydrogen-bond donors (Lipinski definition) is 1. The van der Waals surface area contributed by atoms with Crippen molar-refractivity contribution in [1.29, 1.82) is 0 Å². The number of hydrogen-bond acceptors (Lipinski definition) is 6. The van der Waals surface area contributed by atoms with Gasteiger partial charge in [0.25, 0.3) is 0 Å². The molecule has 0 radical (unpaired) electrons. The number of Topliss-reactive ketones (excluding diaryl/α,β-unsaturated/α-hetero) is 1. The first-order valence-electron chi connectivity index (χ1n) is 9.10.